The van der Waals surface area contributed by atoms with Crippen LogP contribution in [0.4, 0.5) is 0 Å². The maximum atomic E-state index is 3.57. The van der Waals surface area contributed by atoms with Crippen LogP contribution >= 0.6 is 0 Å². The van der Waals surface area contributed by atoms with E-state index in [-0.39, 0.29) is 9.68 Å². The quantitative estimate of drug-likeness (QED) is 0.670. The summed E-state index contributed by atoms with van der Waals surface area (Å²) in [6.45, 7) is 14.3. The molecule has 74 valence electrons. The molecule has 0 saturated carbocycles. The molecule has 1 N–H and O–H groups in total. The van der Waals surface area contributed by atoms with E-state index in [0.717, 1.165) is 16.3 Å². The molecule has 0 aromatic heterocycles. The fourth-order valence-electron chi connectivity index (χ4n) is 1.70. The maximum Gasteiger partial charge on any atom is 0.0911 e. The van der Waals surface area contributed by atoms with Crippen LogP contribution in [0, 0.1) is 11.3 Å². The van der Waals surface area contributed by atoms with Gasteiger partial charge >= 0.3 is 0 Å². The van der Waals surface area contributed by atoms with Gasteiger partial charge in [0.05, 0.1) is 20.1 Å². The van der Waals surface area contributed by atoms with Gasteiger partial charge in [0.2, 0.25) is 0 Å². The van der Waals surface area contributed by atoms with Crippen molar-refractivity contribution in [3.8, 4) is 0 Å². The standard InChI is InChI=1S/C9H25NSi2/c1-7(2)9(6,12-10-11)8(3,4)5/h7,10H,12H2,1-6,11H3. The Hall–Kier alpha value is 0.394. The van der Waals surface area contributed by atoms with Crippen LogP contribution in [0.3, 0.4) is 0 Å². The van der Waals surface area contributed by atoms with Crippen LogP contribution in [0.1, 0.15) is 41.5 Å². The van der Waals surface area contributed by atoms with Crippen LogP contribution in [0.5, 0.6) is 0 Å². The second kappa shape index (κ2) is 4.07. The Kier molecular flexibility index (Phi) is 4.20. The zero-order chi connectivity index (χ0) is 9.99. The minimum Gasteiger partial charge on any atom is -0.371 e. The fourth-order valence-corrected chi connectivity index (χ4v) is 5.58. The Labute approximate surface area is 83.1 Å². The highest BCUT2D eigenvalue weighted by Crippen LogP contribution is 2.49. The van der Waals surface area contributed by atoms with Gasteiger partial charge < -0.3 is 4.65 Å². The van der Waals surface area contributed by atoms with Crippen molar-refractivity contribution in [1.82, 2.24) is 4.65 Å². The van der Waals surface area contributed by atoms with Crippen molar-refractivity contribution < 1.29 is 0 Å². The van der Waals surface area contributed by atoms with Gasteiger partial charge in [0.1, 0.15) is 0 Å². The third-order valence-electron chi connectivity index (χ3n) is 3.53. The molecular weight excluding hydrogens is 178 g/mol. The summed E-state index contributed by atoms with van der Waals surface area (Å²) >= 11 is 0. The van der Waals surface area contributed by atoms with E-state index in [1.165, 1.54) is 0 Å². The molecule has 1 unspecified atom stereocenters. The average Bonchev–Trinajstić information content (AvgIpc) is 1.85. The molecule has 0 rings (SSSR count). The summed E-state index contributed by atoms with van der Waals surface area (Å²) in [6.07, 6.45) is 0. The van der Waals surface area contributed by atoms with Crippen LogP contribution in [0.25, 0.3) is 0 Å². The van der Waals surface area contributed by atoms with E-state index in [1.807, 2.05) is 0 Å². The van der Waals surface area contributed by atoms with Gasteiger partial charge in [-0.15, -0.1) is 0 Å². The van der Waals surface area contributed by atoms with Gasteiger partial charge in [-0.3, -0.25) is 0 Å². The van der Waals surface area contributed by atoms with Crippen LogP contribution in [0.2, 0.25) is 5.04 Å². The van der Waals surface area contributed by atoms with Crippen molar-refractivity contribution in [3.05, 3.63) is 0 Å². The first kappa shape index (κ1) is 12.4. The van der Waals surface area contributed by atoms with E-state index in [1.54, 1.807) is 0 Å². The van der Waals surface area contributed by atoms with Gasteiger partial charge in [-0.2, -0.15) is 0 Å². The molecule has 0 aromatic carbocycles. The summed E-state index contributed by atoms with van der Waals surface area (Å²) in [5.74, 6) is 0.797. The lowest BCUT2D eigenvalue weighted by Crippen LogP contribution is -2.41. The smallest absolute Gasteiger partial charge is 0.0911 e. The van der Waals surface area contributed by atoms with Gasteiger partial charge in [-0.1, -0.05) is 41.5 Å². The Bertz CT molecular complexity index is 140. The lowest BCUT2D eigenvalue weighted by molar-refractivity contribution is 0.215. The average molecular weight is 203 g/mol. The lowest BCUT2D eigenvalue weighted by atomic mass is 9.74. The molecule has 0 heterocycles. The highest BCUT2D eigenvalue weighted by molar-refractivity contribution is 6.45. The van der Waals surface area contributed by atoms with Gasteiger partial charge in [-0.05, 0) is 16.4 Å². The predicted octanol–water partition coefficient (Wildman–Crippen LogP) is 0.821. The van der Waals surface area contributed by atoms with Crippen LogP contribution in [-0.4, -0.2) is 20.1 Å². The van der Waals surface area contributed by atoms with Crippen molar-refractivity contribution in [2.45, 2.75) is 46.6 Å². The molecule has 1 atom stereocenters. The van der Waals surface area contributed by atoms with E-state index in [2.05, 4.69) is 46.2 Å². The third kappa shape index (κ3) is 2.44. The van der Waals surface area contributed by atoms with Crippen molar-refractivity contribution in [2.75, 3.05) is 0 Å². The maximum absolute atomic E-state index is 3.57. The minimum absolute atomic E-state index is 0.101. The highest BCUT2D eigenvalue weighted by Gasteiger charge is 2.39. The first-order valence-electron chi connectivity index (χ1n) is 4.90. The Morgan fingerprint density at radius 2 is 1.58 bits per heavy atom. The van der Waals surface area contributed by atoms with E-state index in [0.29, 0.717) is 10.5 Å². The number of nitrogens with one attached hydrogen (secondary N) is 1. The van der Waals surface area contributed by atoms with Gasteiger partial charge in [0.25, 0.3) is 0 Å². The first-order chi connectivity index (χ1) is 5.25. The molecule has 0 saturated heterocycles. The molecule has 0 spiro atoms. The molecule has 0 bridgehead atoms. The molecule has 0 aromatic rings. The Morgan fingerprint density at radius 3 is 1.67 bits per heavy atom. The summed E-state index contributed by atoms with van der Waals surface area (Å²) in [7, 11) is 1.06. The van der Waals surface area contributed by atoms with Crippen LogP contribution in [0.15, 0.2) is 0 Å². The second-order valence-corrected chi connectivity index (χ2v) is 10.0. The number of hydrogen-bond acceptors (Lipinski definition) is 1. The molecule has 0 radical (unpaired) electrons. The van der Waals surface area contributed by atoms with Crippen LogP contribution < -0.4 is 4.65 Å². The number of hydrogen-bond donors (Lipinski definition) is 1. The van der Waals surface area contributed by atoms with E-state index < -0.39 is 0 Å². The second-order valence-electron chi connectivity index (χ2n) is 5.35. The summed E-state index contributed by atoms with van der Waals surface area (Å²) in [4.78, 5) is 0. The monoisotopic (exact) mass is 203 g/mol. The fraction of sp³-hybridized carbons (Fsp3) is 1.00. The van der Waals surface area contributed by atoms with Crippen molar-refractivity contribution in [3.63, 3.8) is 0 Å². The molecular formula is C9H25NSi2. The minimum atomic E-state index is -0.101. The first-order valence-corrected chi connectivity index (χ1v) is 7.31. The number of rotatable bonds is 3. The molecule has 0 aliphatic rings. The topological polar surface area (TPSA) is 12.0 Å². The molecule has 12 heavy (non-hydrogen) atoms. The van der Waals surface area contributed by atoms with Crippen molar-refractivity contribution >= 4 is 20.1 Å². The Balaban J connectivity index is 4.62. The predicted molar refractivity (Wildman–Crippen MR) is 64.3 cm³/mol. The normalized spacial score (nSPS) is 19.2. The Morgan fingerprint density at radius 1 is 1.17 bits per heavy atom. The van der Waals surface area contributed by atoms with Crippen LogP contribution in [-0.2, 0) is 0 Å². The van der Waals surface area contributed by atoms with Gasteiger partial charge in [-0.25, -0.2) is 0 Å². The summed E-state index contributed by atoms with van der Waals surface area (Å²) < 4.78 is 3.57. The zero-order valence-corrected chi connectivity index (χ0v) is 13.2. The van der Waals surface area contributed by atoms with Crippen molar-refractivity contribution in [2.24, 2.45) is 11.3 Å². The zero-order valence-electron chi connectivity index (χ0n) is 9.78. The summed E-state index contributed by atoms with van der Waals surface area (Å²) in [5, 5.41) is 0.550. The molecule has 1 nitrogen and oxygen atoms in total. The van der Waals surface area contributed by atoms with E-state index in [9.17, 15) is 0 Å². The highest BCUT2D eigenvalue weighted by atomic mass is 28.3. The molecule has 0 aliphatic heterocycles. The molecule has 0 fully saturated rings. The third-order valence-corrected chi connectivity index (χ3v) is 7.56. The van der Waals surface area contributed by atoms with Crippen molar-refractivity contribution in [1.29, 1.82) is 0 Å². The van der Waals surface area contributed by atoms with E-state index in [4.69, 9.17) is 0 Å². The van der Waals surface area contributed by atoms with Gasteiger partial charge in [0.15, 0.2) is 0 Å². The largest absolute Gasteiger partial charge is 0.371 e. The van der Waals surface area contributed by atoms with Gasteiger partial charge in [0, 0.05) is 0 Å². The molecule has 0 amide bonds. The SMILES string of the molecule is CC(C)C(C)([SiH2]N[SiH3])C(C)(C)C. The molecule has 3 heteroatoms. The lowest BCUT2D eigenvalue weighted by Gasteiger charge is -2.45. The van der Waals surface area contributed by atoms with E-state index >= 15 is 0 Å². The summed E-state index contributed by atoms with van der Waals surface area (Å²) in [6, 6.07) is 0. The molecule has 0 aliphatic carbocycles. The summed E-state index contributed by atoms with van der Waals surface area (Å²) in [5.41, 5.74) is 0.449.